The molecule has 1 N–H and O–H groups in total. The second-order valence-electron chi connectivity index (χ2n) is 7.50. The van der Waals surface area contributed by atoms with Crippen LogP contribution in [0.5, 0.6) is 0 Å². The number of H-pyrrole nitrogens is 1. The van der Waals surface area contributed by atoms with Crippen molar-refractivity contribution in [3.05, 3.63) is 15.7 Å². The number of hydrogen-bond acceptors (Lipinski definition) is 3. The van der Waals surface area contributed by atoms with Crippen molar-refractivity contribution in [2.75, 3.05) is 6.54 Å². The van der Waals surface area contributed by atoms with Gasteiger partial charge in [0.25, 0.3) is 0 Å². The molecule has 1 aliphatic heterocycles. The molecule has 1 aromatic rings. The summed E-state index contributed by atoms with van der Waals surface area (Å²) in [7, 11) is 0. The molecule has 1 fully saturated rings. The lowest BCUT2D eigenvalue weighted by Crippen LogP contribution is -2.37. The van der Waals surface area contributed by atoms with Gasteiger partial charge in [0.1, 0.15) is 11.4 Å². The fraction of sp³-hybridized carbons (Fsp3) is 0.750. The Bertz CT molecular complexity index is 522. The van der Waals surface area contributed by atoms with Crippen molar-refractivity contribution in [3.63, 3.8) is 0 Å². The lowest BCUT2D eigenvalue weighted by molar-refractivity contribution is 0.0213. The summed E-state index contributed by atoms with van der Waals surface area (Å²) in [6.07, 6.45) is 3.63. The highest BCUT2D eigenvalue weighted by atomic mass is 127. The summed E-state index contributed by atoms with van der Waals surface area (Å²) in [5.41, 5.74) is -0.477. The third-order valence-corrected chi connectivity index (χ3v) is 4.25. The molecule has 2 atom stereocenters. The van der Waals surface area contributed by atoms with Gasteiger partial charge in [0.05, 0.1) is 15.9 Å². The molecule has 2 unspecified atom stereocenters. The number of ether oxygens (including phenoxy) is 1. The molecular weight excluding hydrogens is 393 g/mol. The molecule has 1 saturated heterocycles. The van der Waals surface area contributed by atoms with Crippen LogP contribution in [-0.2, 0) is 4.74 Å². The van der Waals surface area contributed by atoms with Crippen molar-refractivity contribution in [3.8, 4) is 0 Å². The highest BCUT2D eigenvalue weighted by Gasteiger charge is 2.39. The van der Waals surface area contributed by atoms with E-state index in [0.29, 0.717) is 11.8 Å². The molecule has 0 radical (unpaired) electrons. The first-order chi connectivity index (χ1) is 10.2. The molecule has 0 bridgehead atoms. The van der Waals surface area contributed by atoms with Crippen LogP contribution in [0.2, 0.25) is 0 Å². The Kier molecular flexibility index (Phi) is 5.40. The summed E-state index contributed by atoms with van der Waals surface area (Å²) in [4.78, 5) is 22.1. The van der Waals surface area contributed by atoms with E-state index in [0.717, 1.165) is 28.9 Å². The summed E-state index contributed by atoms with van der Waals surface area (Å²) in [6.45, 7) is 10.9. The van der Waals surface area contributed by atoms with E-state index in [-0.39, 0.29) is 12.1 Å². The van der Waals surface area contributed by atoms with E-state index in [2.05, 4.69) is 46.4 Å². The number of amides is 1. The molecule has 2 rings (SSSR count). The summed E-state index contributed by atoms with van der Waals surface area (Å²) >= 11 is 2.21. The molecule has 5 nitrogen and oxygen atoms in total. The Hall–Kier alpha value is -0.790. The van der Waals surface area contributed by atoms with Crippen LogP contribution in [-0.4, -0.2) is 33.1 Å². The van der Waals surface area contributed by atoms with E-state index in [9.17, 15) is 4.79 Å². The first-order valence-electron chi connectivity index (χ1n) is 7.85. The quantitative estimate of drug-likeness (QED) is 0.741. The summed E-state index contributed by atoms with van der Waals surface area (Å²) in [5.74, 6) is 1.99. The molecule has 1 aliphatic rings. The Morgan fingerprint density at radius 1 is 1.55 bits per heavy atom. The SMILES string of the molecule is CC(C)CC1CC(c2ncc(I)[nH]2)N(C(=O)OC(C)(C)C)C1. The predicted molar refractivity (Wildman–Crippen MR) is 94.5 cm³/mol. The van der Waals surface area contributed by atoms with Crippen molar-refractivity contribution < 1.29 is 9.53 Å². The van der Waals surface area contributed by atoms with Crippen LogP contribution in [0.3, 0.4) is 0 Å². The van der Waals surface area contributed by atoms with Gasteiger partial charge in [-0.15, -0.1) is 0 Å². The predicted octanol–water partition coefficient (Wildman–Crippen LogP) is 4.36. The van der Waals surface area contributed by atoms with Crippen molar-refractivity contribution in [1.82, 2.24) is 14.9 Å². The molecule has 124 valence electrons. The lowest BCUT2D eigenvalue weighted by atomic mass is 9.95. The monoisotopic (exact) mass is 419 g/mol. The fourth-order valence-electron chi connectivity index (χ4n) is 3.02. The summed E-state index contributed by atoms with van der Waals surface area (Å²) in [6, 6.07) is -0.0119. The van der Waals surface area contributed by atoms with Crippen LogP contribution in [0.1, 0.15) is 59.3 Å². The van der Waals surface area contributed by atoms with Crippen LogP contribution in [0.15, 0.2) is 6.20 Å². The second-order valence-corrected chi connectivity index (χ2v) is 8.66. The Morgan fingerprint density at radius 2 is 2.23 bits per heavy atom. The van der Waals surface area contributed by atoms with Crippen molar-refractivity contribution in [2.24, 2.45) is 11.8 Å². The third kappa shape index (κ3) is 4.60. The molecule has 22 heavy (non-hydrogen) atoms. The zero-order valence-electron chi connectivity index (χ0n) is 14.0. The highest BCUT2D eigenvalue weighted by molar-refractivity contribution is 14.1. The smallest absolute Gasteiger partial charge is 0.410 e. The number of carbonyl (C=O) groups excluding carboxylic acids is 1. The Labute approximate surface area is 146 Å². The molecule has 2 heterocycles. The van der Waals surface area contributed by atoms with Gasteiger partial charge in [0.2, 0.25) is 0 Å². The number of aromatic amines is 1. The highest BCUT2D eigenvalue weighted by Crippen LogP contribution is 2.37. The number of hydrogen-bond donors (Lipinski definition) is 1. The second kappa shape index (κ2) is 6.76. The Balaban J connectivity index is 2.17. The largest absolute Gasteiger partial charge is 0.444 e. The topological polar surface area (TPSA) is 58.2 Å². The van der Waals surface area contributed by atoms with E-state index in [1.165, 1.54) is 0 Å². The van der Waals surface area contributed by atoms with E-state index in [1.807, 2.05) is 25.7 Å². The van der Waals surface area contributed by atoms with E-state index >= 15 is 0 Å². The van der Waals surface area contributed by atoms with E-state index in [4.69, 9.17) is 4.74 Å². The number of halogens is 1. The maximum atomic E-state index is 12.5. The minimum atomic E-state index is -0.477. The average Bonchev–Trinajstić information content (AvgIpc) is 2.92. The first kappa shape index (κ1) is 17.6. The summed E-state index contributed by atoms with van der Waals surface area (Å²) < 4.78 is 6.57. The van der Waals surface area contributed by atoms with Gasteiger partial charge < -0.3 is 9.72 Å². The van der Waals surface area contributed by atoms with Gasteiger partial charge in [0, 0.05) is 6.54 Å². The van der Waals surface area contributed by atoms with Gasteiger partial charge in [-0.05, 0) is 68.0 Å². The van der Waals surface area contributed by atoms with Gasteiger partial charge >= 0.3 is 6.09 Å². The number of aromatic nitrogens is 2. The Morgan fingerprint density at radius 3 is 2.73 bits per heavy atom. The van der Waals surface area contributed by atoms with Gasteiger partial charge in [-0.3, -0.25) is 4.90 Å². The van der Waals surface area contributed by atoms with E-state index < -0.39 is 5.60 Å². The van der Waals surface area contributed by atoms with Gasteiger partial charge in [-0.25, -0.2) is 9.78 Å². The number of nitrogens with one attached hydrogen (secondary N) is 1. The molecular formula is C16H26IN3O2. The lowest BCUT2D eigenvalue weighted by Gasteiger charge is -2.27. The normalized spacial score (nSPS) is 22.4. The van der Waals surface area contributed by atoms with Crippen LogP contribution >= 0.6 is 22.6 Å². The van der Waals surface area contributed by atoms with Gasteiger partial charge in [-0.1, -0.05) is 13.8 Å². The molecule has 1 amide bonds. The maximum absolute atomic E-state index is 12.5. The minimum Gasteiger partial charge on any atom is -0.444 e. The molecule has 6 heteroatoms. The molecule has 0 spiro atoms. The van der Waals surface area contributed by atoms with Crippen LogP contribution in [0.4, 0.5) is 4.79 Å². The van der Waals surface area contributed by atoms with Gasteiger partial charge in [-0.2, -0.15) is 0 Å². The van der Waals surface area contributed by atoms with Crippen molar-refractivity contribution in [2.45, 2.75) is 59.1 Å². The van der Waals surface area contributed by atoms with Crippen LogP contribution in [0, 0.1) is 15.5 Å². The fourth-order valence-corrected chi connectivity index (χ4v) is 3.44. The molecule has 0 saturated carbocycles. The molecule has 0 aromatic carbocycles. The standard InChI is InChI=1S/C16H26IN3O2/c1-10(2)6-11-7-12(14-18-8-13(17)19-14)20(9-11)15(21)22-16(3,4)5/h8,10-12H,6-7,9H2,1-5H3,(H,18,19). The van der Waals surface area contributed by atoms with Crippen molar-refractivity contribution >= 4 is 28.7 Å². The molecule has 1 aromatic heterocycles. The maximum Gasteiger partial charge on any atom is 0.410 e. The number of nitrogens with zero attached hydrogens (tertiary/aromatic N) is 2. The van der Waals surface area contributed by atoms with Gasteiger partial charge in [0.15, 0.2) is 0 Å². The third-order valence-electron chi connectivity index (χ3n) is 3.70. The van der Waals surface area contributed by atoms with Crippen molar-refractivity contribution in [1.29, 1.82) is 0 Å². The number of carbonyl (C=O) groups is 1. The first-order valence-corrected chi connectivity index (χ1v) is 8.93. The summed E-state index contributed by atoms with van der Waals surface area (Å²) in [5, 5.41) is 0. The number of rotatable bonds is 3. The van der Waals surface area contributed by atoms with Crippen LogP contribution in [0.25, 0.3) is 0 Å². The van der Waals surface area contributed by atoms with Crippen LogP contribution < -0.4 is 0 Å². The minimum absolute atomic E-state index is 0.0119. The molecule has 0 aliphatic carbocycles. The number of likely N-dealkylation sites (tertiary alicyclic amines) is 1. The van der Waals surface area contributed by atoms with E-state index in [1.54, 1.807) is 6.20 Å². The zero-order valence-corrected chi connectivity index (χ0v) is 16.2. The average molecular weight is 419 g/mol. The zero-order chi connectivity index (χ0) is 16.5. The number of imidazole rings is 1.